The molecule has 0 aliphatic carbocycles. The first-order valence-corrected chi connectivity index (χ1v) is 6.65. The Labute approximate surface area is 121 Å². The SMILES string of the molecule is Nc1cc(N2CCOc3ccccc3C2)ccc1[N+](=O)[O-]. The first-order valence-electron chi connectivity index (χ1n) is 6.65. The molecule has 0 saturated heterocycles. The van der Waals surface area contributed by atoms with Crippen molar-refractivity contribution in [2.24, 2.45) is 0 Å². The average Bonchev–Trinajstić information content (AvgIpc) is 2.68. The Morgan fingerprint density at radius 1 is 1.24 bits per heavy atom. The van der Waals surface area contributed by atoms with Crippen LogP contribution in [-0.2, 0) is 6.54 Å². The van der Waals surface area contributed by atoms with Gasteiger partial charge in [-0.1, -0.05) is 18.2 Å². The standard InChI is InChI=1S/C15H15N3O3/c16-13-9-12(5-6-14(13)18(19)20)17-7-8-21-15-4-2-1-3-11(15)10-17/h1-6,9H,7-8,10,16H2. The lowest BCUT2D eigenvalue weighted by atomic mass is 10.1. The van der Waals surface area contributed by atoms with E-state index in [0.29, 0.717) is 19.7 Å². The average molecular weight is 285 g/mol. The van der Waals surface area contributed by atoms with Crippen LogP contribution in [0, 0.1) is 10.1 Å². The van der Waals surface area contributed by atoms with Gasteiger partial charge in [0.1, 0.15) is 18.0 Å². The van der Waals surface area contributed by atoms with E-state index >= 15 is 0 Å². The van der Waals surface area contributed by atoms with E-state index in [1.165, 1.54) is 6.07 Å². The van der Waals surface area contributed by atoms with Gasteiger partial charge in [0.05, 0.1) is 11.5 Å². The van der Waals surface area contributed by atoms with E-state index in [4.69, 9.17) is 10.5 Å². The predicted molar refractivity (Wildman–Crippen MR) is 80.5 cm³/mol. The highest BCUT2D eigenvalue weighted by atomic mass is 16.6. The van der Waals surface area contributed by atoms with Gasteiger partial charge in [0.2, 0.25) is 0 Å². The number of hydrogen-bond donors (Lipinski definition) is 1. The number of rotatable bonds is 2. The Balaban J connectivity index is 1.91. The lowest BCUT2D eigenvalue weighted by Gasteiger charge is -2.22. The Hall–Kier alpha value is -2.76. The summed E-state index contributed by atoms with van der Waals surface area (Å²) in [7, 11) is 0. The fourth-order valence-electron chi connectivity index (χ4n) is 2.45. The third kappa shape index (κ3) is 2.60. The van der Waals surface area contributed by atoms with Crippen LogP contribution >= 0.6 is 0 Å². The molecule has 0 unspecified atom stereocenters. The largest absolute Gasteiger partial charge is 0.491 e. The zero-order valence-corrected chi connectivity index (χ0v) is 11.4. The van der Waals surface area contributed by atoms with Gasteiger partial charge in [-0.05, 0) is 18.2 Å². The quantitative estimate of drug-likeness (QED) is 0.521. The first-order chi connectivity index (χ1) is 10.1. The molecule has 1 aliphatic heterocycles. The predicted octanol–water partition coefficient (Wildman–Crippen LogP) is 2.58. The number of fused-ring (bicyclic) bond motifs is 1. The molecule has 3 rings (SSSR count). The molecule has 6 nitrogen and oxygen atoms in total. The number of ether oxygens (including phenoxy) is 1. The van der Waals surface area contributed by atoms with E-state index in [-0.39, 0.29) is 11.4 Å². The minimum absolute atomic E-state index is 0.0646. The van der Waals surface area contributed by atoms with E-state index in [0.717, 1.165) is 17.0 Å². The molecule has 0 saturated carbocycles. The van der Waals surface area contributed by atoms with Crippen LogP contribution < -0.4 is 15.4 Å². The fourth-order valence-corrected chi connectivity index (χ4v) is 2.45. The van der Waals surface area contributed by atoms with Crippen LogP contribution in [0.2, 0.25) is 0 Å². The number of benzene rings is 2. The number of nitro benzene ring substituents is 1. The normalized spacial score (nSPS) is 14.0. The van der Waals surface area contributed by atoms with Gasteiger partial charge in [0, 0.05) is 23.9 Å². The molecule has 1 heterocycles. The van der Waals surface area contributed by atoms with Crippen molar-refractivity contribution >= 4 is 17.1 Å². The summed E-state index contributed by atoms with van der Waals surface area (Å²) >= 11 is 0. The minimum atomic E-state index is -0.472. The summed E-state index contributed by atoms with van der Waals surface area (Å²) in [6, 6.07) is 12.7. The summed E-state index contributed by atoms with van der Waals surface area (Å²) in [6.07, 6.45) is 0. The maximum Gasteiger partial charge on any atom is 0.292 e. The van der Waals surface area contributed by atoms with Crippen molar-refractivity contribution < 1.29 is 9.66 Å². The molecule has 2 N–H and O–H groups in total. The summed E-state index contributed by atoms with van der Waals surface area (Å²) < 4.78 is 5.71. The van der Waals surface area contributed by atoms with E-state index in [1.807, 2.05) is 24.3 Å². The molecule has 6 heteroatoms. The lowest BCUT2D eigenvalue weighted by molar-refractivity contribution is -0.383. The van der Waals surface area contributed by atoms with Crippen LogP contribution in [-0.4, -0.2) is 18.1 Å². The van der Waals surface area contributed by atoms with E-state index in [2.05, 4.69) is 4.90 Å². The number of nitrogen functional groups attached to an aromatic ring is 1. The van der Waals surface area contributed by atoms with Gasteiger partial charge >= 0.3 is 0 Å². The van der Waals surface area contributed by atoms with E-state index < -0.39 is 4.92 Å². The number of nitro groups is 1. The van der Waals surface area contributed by atoms with Crippen LogP contribution in [0.15, 0.2) is 42.5 Å². The number of nitrogens with two attached hydrogens (primary N) is 1. The van der Waals surface area contributed by atoms with Gasteiger partial charge in [-0.25, -0.2) is 0 Å². The molecule has 108 valence electrons. The zero-order valence-electron chi connectivity index (χ0n) is 11.4. The number of hydrogen-bond acceptors (Lipinski definition) is 5. The molecule has 1 aliphatic rings. The van der Waals surface area contributed by atoms with Crippen LogP contribution in [0.1, 0.15) is 5.56 Å². The Bertz CT molecular complexity index is 688. The summed E-state index contributed by atoms with van der Waals surface area (Å²) in [6.45, 7) is 1.95. The second kappa shape index (κ2) is 5.32. The monoisotopic (exact) mass is 285 g/mol. The maximum absolute atomic E-state index is 10.8. The summed E-state index contributed by atoms with van der Waals surface area (Å²) in [4.78, 5) is 12.5. The molecule has 2 aromatic rings. The van der Waals surface area contributed by atoms with Crippen molar-refractivity contribution in [3.05, 3.63) is 58.1 Å². The van der Waals surface area contributed by atoms with Gasteiger partial charge in [-0.2, -0.15) is 0 Å². The molecule has 0 bridgehead atoms. The van der Waals surface area contributed by atoms with Crippen LogP contribution in [0.3, 0.4) is 0 Å². The third-order valence-electron chi connectivity index (χ3n) is 3.53. The summed E-state index contributed by atoms with van der Waals surface area (Å²) in [5, 5.41) is 10.8. The highest BCUT2D eigenvalue weighted by Gasteiger charge is 2.18. The van der Waals surface area contributed by atoms with Crippen LogP contribution in [0.4, 0.5) is 17.1 Å². The highest BCUT2D eigenvalue weighted by molar-refractivity contribution is 5.67. The highest BCUT2D eigenvalue weighted by Crippen LogP contribution is 2.30. The Kier molecular flexibility index (Phi) is 3.35. The van der Waals surface area contributed by atoms with Crippen molar-refractivity contribution in [3.63, 3.8) is 0 Å². The van der Waals surface area contributed by atoms with Crippen LogP contribution in [0.5, 0.6) is 5.75 Å². The van der Waals surface area contributed by atoms with Gasteiger partial charge in [-0.15, -0.1) is 0 Å². The van der Waals surface area contributed by atoms with Crippen LogP contribution in [0.25, 0.3) is 0 Å². The molecule has 0 atom stereocenters. The summed E-state index contributed by atoms with van der Waals surface area (Å²) in [5.74, 6) is 0.884. The molecule has 0 amide bonds. The minimum Gasteiger partial charge on any atom is -0.491 e. The third-order valence-corrected chi connectivity index (χ3v) is 3.53. The van der Waals surface area contributed by atoms with E-state index in [9.17, 15) is 10.1 Å². The van der Waals surface area contributed by atoms with Gasteiger partial charge < -0.3 is 15.4 Å². The van der Waals surface area contributed by atoms with Crippen molar-refractivity contribution in [1.29, 1.82) is 0 Å². The van der Waals surface area contributed by atoms with Crippen molar-refractivity contribution in [2.75, 3.05) is 23.8 Å². The molecular weight excluding hydrogens is 270 g/mol. The van der Waals surface area contributed by atoms with Gasteiger partial charge in [-0.3, -0.25) is 10.1 Å². The molecule has 0 radical (unpaired) electrons. The second-order valence-corrected chi connectivity index (χ2v) is 4.88. The molecule has 0 aromatic heterocycles. The lowest BCUT2D eigenvalue weighted by Crippen LogP contribution is -2.25. The topological polar surface area (TPSA) is 81.6 Å². The van der Waals surface area contributed by atoms with Gasteiger partial charge in [0.15, 0.2) is 0 Å². The molecular formula is C15H15N3O3. The maximum atomic E-state index is 10.8. The summed E-state index contributed by atoms with van der Waals surface area (Å²) in [5.41, 5.74) is 7.82. The molecule has 2 aromatic carbocycles. The van der Waals surface area contributed by atoms with E-state index in [1.54, 1.807) is 12.1 Å². The van der Waals surface area contributed by atoms with Crippen molar-refractivity contribution in [3.8, 4) is 5.75 Å². The molecule has 0 spiro atoms. The Morgan fingerprint density at radius 2 is 2.05 bits per heavy atom. The molecule has 21 heavy (non-hydrogen) atoms. The van der Waals surface area contributed by atoms with Gasteiger partial charge in [0.25, 0.3) is 5.69 Å². The number of anilines is 2. The second-order valence-electron chi connectivity index (χ2n) is 4.88. The first kappa shape index (κ1) is 13.2. The van der Waals surface area contributed by atoms with Crippen molar-refractivity contribution in [1.82, 2.24) is 0 Å². The Morgan fingerprint density at radius 3 is 2.81 bits per heavy atom. The fraction of sp³-hybridized carbons (Fsp3) is 0.200. The molecule has 0 fully saturated rings. The zero-order chi connectivity index (χ0) is 14.8. The smallest absolute Gasteiger partial charge is 0.292 e. The number of para-hydroxylation sites is 1. The number of nitrogens with zero attached hydrogens (tertiary/aromatic N) is 2. The van der Waals surface area contributed by atoms with Crippen molar-refractivity contribution in [2.45, 2.75) is 6.54 Å².